The van der Waals surface area contributed by atoms with Gasteiger partial charge in [0, 0.05) is 12.1 Å². The van der Waals surface area contributed by atoms with Crippen molar-refractivity contribution in [3.63, 3.8) is 0 Å². The van der Waals surface area contributed by atoms with Crippen LogP contribution in [0.1, 0.15) is 29.0 Å². The van der Waals surface area contributed by atoms with Crippen molar-refractivity contribution in [1.82, 2.24) is 20.6 Å². The number of nitrogens with one attached hydrogen (secondary N) is 2. The molecule has 0 aliphatic carbocycles. The van der Waals surface area contributed by atoms with Crippen molar-refractivity contribution in [3.8, 4) is 0 Å². The summed E-state index contributed by atoms with van der Waals surface area (Å²) < 4.78 is 0. The molecule has 0 bridgehead atoms. The summed E-state index contributed by atoms with van der Waals surface area (Å²) in [7, 11) is 0. The van der Waals surface area contributed by atoms with Gasteiger partial charge in [-0.05, 0) is 31.0 Å². The molecule has 1 saturated heterocycles. The van der Waals surface area contributed by atoms with Crippen LogP contribution < -0.4 is 10.6 Å². The van der Waals surface area contributed by atoms with Gasteiger partial charge in [0.25, 0.3) is 5.91 Å². The number of nitrogens with zero attached hydrogens (tertiary/aromatic N) is 2. The molecule has 0 radical (unpaired) electrons. The topological polar surface area (TPSA) is 101 Å². The van der Waals surface area contributed by atoms with Gasteiger partial charge in [0.1, 0.15) is 11.7 Å². The Hall–Kier alpha value is -2.02. The van der Waals surface area contributed by atoms with Gasteiger partial charge >= 0.3 is 0 Å². The fraction of sp³-hybridized carbons (Fsp3) is 0.364. The maximum atomic E-state index is 11.9. The van der Waals surface area contributed by atoms with Gasteiger partial charge in [0.15, 0.2) is 0 Å². The Morgan fingerprint density at radius 2 is 2.21 bits per heavy atom. The summed E-state index contributed by atoms with van der Waals surface area (Å²) in [6, 6.07) is 0.729. The summed E-state index contributed by atoms with van der Waals surface area (Å²) in [5.41, 5.74) is 0.635. The summed E-state index contributed by atoms with van der Waals surface area (Å²) in [4.78, 5) is 42.0. The van der Waals surface area contributed by atoms with E-state index in [0.717, 1.165) is 0 Å². The highest BCUT2D eigenvalue weighted by Gasteiger charge is 2.28. The number of amides is 3. The highest BCUT2D eigenvalue weighted by atomic mass is 35.5. The first-order valence-corrected chi connectivity index (χ1v) is 5.99. The van der Waals surface area contributed by atoms with Crippen LogP contribution in [0.5, 0.6) is 0 Å². The van der Waals surface area contributed by atoms with Gasteiger partial charge in [-0.15, -0.1) is 0 Å². The first-order chi connectivity index (χ1) is 8.95. The second-order valence-electron chi connectivity index (χ2n) is 4.14. The Morgan fingerprint density at radius 1 is 1.47 bits per heavy atom. The number of hydrogen-bond acceptors (Lipinski definition) is 5. The Kier molecular flexibility index (Phi) is 3.75. The van der Waals surface area contributed by atoms with E-state index in [2.05, 4.69) is 20.6 Å². The number of halogens is 1. The average molecular weight is 283 g/mol. The lowest BCUT2D eigenvalue weighted by Gasteiger charge is -2.21. The third-order valence-corrected chi connectivity index (χ3v) is 2.77. The average Bonchev–Trinajstić information content (AvgIpc) is 2.31. The Bertz CT molecular complexity index is 541. The zero-order valence-corrected chi connectivity index (χ0v) is 10.8. The molecule has 1 aliphatic rings. The van der Waals surface area contributed by atoms with E-state index in [-0.39, 0.29) is 29.7 Å². The lowest BCUT2D eigenvalue weighted by molar-refractivity contribution is -0.134. The van der Waals surface area contributed by atoms with E-state index in [4.69, 9.17) is 11.6 Å². The van der Waals surface area contributed by atoms with Crippen LogP contribution in [0.2, 0.25) is 5.28 Å². The minimum Gasteiger partial charge on any atom is -0.339 e. The fourth-order valence-corrected chi connectivity index (χ4v) is 1.94. The van der Waals surface area contributed by atoms with Gasteiger partial charge < -0.3 is 5.32 Å². The molecular weight excluding hydrogens is 272 g/mol. The van der Waals surface area contributed by atoms with E-state index >= 15 is 0 Å². The number of hydrogen-bond donors (Lipinski definition) is 2. The van der Waals surface area contributed by atoms with Crippen LogP contribution in [-0.2, 0) is 9.59 Å². The van der Waals surface area contributed by atoms with Crippen molar-refractivity contribution >= 4 is 29.3 Å². The van der Waals surface area contributed by atoms with Gasteiger partial charge in [-0.25, -0.2) is 9.97 Å². The second-order valence-corrected chi connectivity index (χ2v) is 4.48. The third-order valence-electron chi connectivity index (χ3n) is 2.60. The number of carbonyl (C=O) groups is 3. The molecule has 1 fully saturated rings. The predicted octanol–water partition coefficient (Wildman–Crippen LogP) is -0.0266. The molecule has 2 heterocycles. The molecule has 8 heteroatoms. The molecule has 0 saturated carbocycles. The number of aryl methyl sites for hydroxylation is 1. The van der Waals surface area contributed by atoms with E-state index < -0.39 is 17.9 Å². The minimum absolute atomic E-state index is 0.0339. The largest absolute Gasteiger partial charge is 0.339 e. The maximum absolute atomic E-state index is 11.9. The van der Waals surface area contributed by atoms with Crippen LogP contribution in [0.25, 0.3) is 0 Å². The molecule has 0 aromatic carbocycles. The van der Waals surface area contributed by atoms with Gasteiger partial charge in [-0.2, -0.15) is 0 Å². The smallest absolute Gasteiger partial charge is 0.270 e. The van der Waals surface area contributed by atoms with Crippen LogP contribution in [0.3, 0.4) is 0 Å². The number of carbonyl (C=O) groups excluding carboxylic acids is 3. The molecule has 2 rings (SSSR count). The van der Waals surface area contributed by atoms with E-state index in [0.29, 0.717) is 5.69 Å². The first kappa shape index (κ1) is 13.4. The van der Waals surface area contributed by atoms with Crippen molar-refractivity contribution < 1.29 is 14.4 Å². The standard InChI is InChI=1S/C11H11ClN4O3/c1-5-4-7(15-11(12)13-5)10(19)14-6-2-3-8(17)16-9(6)18/h4,6H,2-3H2,1H3,(H,14,19)(H,16,17,18). The molecular formula is C11H11ClN4O3. The highest BCUT2D eigenvalue weighted by molar-refractivity contribution is 6.28. The fourth-order valence-electron chi connectivity index (χ4n) is 1.71. The van der Waals surface area contributed by atoms with Gasteiger partial charge in [0.05, 0.1) is 0 Å². The van der Waals surface area contributed by atoms with Crippen LogP contribution >= 0.6 is 11.6 Å². The molecule has 1 aliphatic heterocycles. The van der Waals surface area contributed by atoms with E-state index in [1.165, 1.54) is 6.07 Å². The van der Waals surface area contributed by atoms with Crippen LogP contribution in [0.4, 0.5) is 0 Å². The lowest BCUT2D eigenvalue weighted by atomic mass is 10.1. The quantitative estimate of drug-likeness (QED) is 0.586. The number of imide groups is 1. The maximum Gasteiger partial charge on any atom is 0.270 e. The monoisotopic (exact) mass is 282 g/mol. The Labute approximate surface area is 113 Å². The lowest BCUT2D eigenvalue weighted by Crippen LogP contribution is -2.52. The van der Waals surface area contributed by atoms with Crippen LogP contribution in [0.15, 0.2) is 6.07 Å². The highest BCUT2D eigenvalue weighted by Crippen LogP contribution is 2.08. The Balaban J connectivity index is 2.08. The summed E-state index contributed by atoms with van der Waals surface area (Å²) >= 11 is 5.66. The first-order valence-electron chi connectivity index (χ1n) is 5.61. The Morgan fingerprint density at radius 3 is 2.84 bits per heavy atom. The van der Waals surface area contributed by atoms with Crippen molar-refractivity contribution in [2.45, 2.75) is 25.8 Å². The van der Waals surface area contributed by atoms with E-state index in [1.54, 1.807) is 6.92 Å². The SMILES string of the molecule is Cc1cc(C(=O)NC2CCC(=O)NC2=O)nc(Cl)n1. The third kappa shape index (κ3) is 3.25. The minimum atomic E-state index is -0.737. The van der Waals surface area contributed by atoms with Crippen molar-refractivity contribution in [3.05, 3.63) is 22.7 Å². The van der Waals surface area contributed by atoms with Crippen LogP contribution in [0, 0.1) is 6.92 Å². The molecule has 1 aromatic heterocycles. The van der Waals surface area contributed by atoms with E-state index in [9.17, 15) is 14.4 Å². The zero-order chi connectivity index (χ0) is 14.0. The predicted molar refractivity (Wildman–Crippen MR) is 65.4 cm³/mol. The second kappa shape index (κ2) is 5.31. The van der Waals surface area contributed by atoms with Gasteiger partial charge in [0.2, 0.25) is 17.1 Å². The van der Waals surface area contributed by atoms with Crippen LogP contribution in [-0.4, -0.2) is 33.7 Å². The molecule has 7 nitrogen and oxygen atoms in total. The molecule has 1 aromatic rings. The number of aromatic nitrogens is 2. The van der Waals surface area contributed by atoms with Crippen molar-refractivity contribution in [2.75, 3.05) is 0 Å². The van der Waals surface area contributed by atoms with Crippen molar-refractivity contribution in [1.29, 1.82) is 0 Å². The van der Waals surface area contributed by atoms with Gasteiger partial charge in [-0.3, -0.25) is 19.7 Å². The molecule has 19 heavy (non-hydrogen) atoms. The molecule has 2 N–H and O–H groups in total. The van der Waals surface area contributed by atoms with E-state index in [1.807, 2.05) is 0 Å². The number of piperidine rings is 1. The summed E-state index contributed by atoms with van der Waals surface area (Å²) in [6.07, 6.45) is 0.467. The molecule has 1 unspecified atom stereocenters. The molecule has 1 atom stereocenters. The summed E-state index contributed by atoms with van der Waals surface area (Å²) in [6.45, 7) is 1.68. The summed E-state index contributed by atoms with van der Waals surface area (Å²) in [5.74, 6) is -1.38. The summed E-state index contributed by atoms with van der Waals surface area (Å²) in [5, 5.41) is 4.63. The normalized spacial score (nSPS) is 18.9. The van der Waals surface area contributed by atoms with Gasteiger partial charge in [-0.1, -0.05) is 0 Å². The zero-order valence-electron chi connectivity index (χ0n) is 10.1. The molecule has 0 spiro atoms. The molecule has 3 amide bonds. The number of rotatable bonds is 2. The van der Waals surface area contributed by atoms with Crippen molar-refractivity contribution in [2.24, 2.45) is 0 Å². The molecule has 100 valence electrons.